The third-order valence-electron chi connectivity index (χ3n) is 5.37. The van der Waals surface area contributed by atoms with Crippen molar-refractivity contribution in [3.05, 3.63) is 29.8 Å². The van der Waals surface area contributed by atoms with Crippen LogP contribution in [-0.4, -0.2) is 53.6 Å². The second kappa shape index (κ2) is 7.57. The summed E-state index contributed by atoms with van der Waals surface area (Å²) in [6, 6.07) is 3.96. The van der Waals surface area contributed by atoms with E-state index in [2.05, 4.69) is 17.0 Å². The van der Waals surface area contributed by atoms with Gasteiger partial charge in [0.15, 0.2) is 0 Å². The second-order valence-corrected chi connectivity index (χ2v) is 7.58. The van der Waals surface area contributed by atoms with Gasteiger partial charge in [0, 0.05) is 13.1 Å². The molecule has 1 aromatic rings. The monoisotopic (exact) mass is 413 g/mol. The lowest BCUT2D eigenvalue weighted by Crippen LogP contribution is -2.46. The number of rotatable bonds is 4. The Morgan fingerprint density at radius 2 is 1.79 bits per heavy atom. The van der Waals surface area contributed by atoms with Crippen LogP contribution in [0.15, 0.2) is 24.3 Å². The summed E-state index contributed by atoms with van der Waals surface area (Å²) in [7, 11) is 0. The number of urea groups is 1. The summed E-state index contributed by atoms with van der Waals surface area (Å²) in [5.41, 5.74) is -1.20. The number of nitrogens with one attached hydrogen (secondary N) is 1. The molecule has 0 radical (unpaired) electrons. The molecule has 1 N–H and O–H groups in total. The molecule has 0 aliphatic carbocycles. The number of hydrogen-bond donors (Lipinski definition) is 1. The first-order valence-electron chi connectivity index (χ1n) is 9.28. The number of piperidine rings is 1. The standard InChI is InChI=1S/C19H22F3N3O4/c1-12-7-9-24(10-8-12)15(26)11-25-16(27)18(2,23-17(25)28)13-3-5-14(6-4-13)29-19(20,21)22/h3-6,12H,7-11H2,1-2H3,(H,23,28). The zero-order valence-corrected chi connectivity index (χ0v) is 16.1. The molecule has 158 valence electrons. The highest BCUT2D eigenvalue weighted by molar-refractivity contribution is 6.09. The second-order valence-electron chi connectivity index (χ2n) is 7.58. The van der Waals surface area contributed by atoms with E-state index < -0.39 is 29.6 Å². The molecule has 1 aromatic carbocycles. The van der Waals surface area contributed by atoms with Gasteiger partial charge in [0.2, 0.25) is 5.91 Å². The Labute approximate surface area is 165 Å². The lowest BCUT2D eigenvalue weighted by Gasteiger charge is -2.31. The van der Waals surface area contributed by atoms with Crippen LogP contribution in [0, 0.1) is 5.92 Å². The van der Waals surface area contributed by atoms with E-state index in [1.165, 1.54) is 19.1 Å². The van der Waals surface area contributed by atoms with Crippen LogP contribution in [0.25, 0.3) is 0 Å². The number of imide groups is 1. The largest absolute Gasteiger partial charge is 0.573 e. The fourth-order valence-electron chi connectivity index (χ4n) is 3.52. The topological polar surface area (TPSA) is 79.0 Å². The molecule has 29 heavy (non-hydrogen) atoms. The summed E-state index contributed by atoms with van der Waals surface area (Å²) < 4.78 is 40.7. The molecule has 0 spiro atoms. The van der Waals surface area contributed by atoms with Gasteiger partial charge in [-0.2, -0.15) is 0 Å². The number of nitrogens with zero attached hydrogens (tertiary/aromatic N) is 2. The highest BCUT2D eigenvalue weighted by atomic mass is 19.4. The highest BCUT2D eigenvalue weighted by Gasteiger charge is 2.49. The molecule has 0 bridgehead atoms. The van der Waals surface area contributed by atoms with Crippen molar-refractivity contribution < 1.29 is 32.3 Å². The van der Waals surface area contributed by atoms with E-state index in [1.54, 1.807) is 4.90 Å². The SMILES string of the molecule is CC1CCN(C(=O)CN2C(=O)NC(C)(c3ccc(OC(F)(F)F)cc3)C2=O)CC1. The van der Waals surface area contributed by atoms with Crippen molar-refractivity contribution in [3.63, 3.8) is 0 Å². The molecule has 2 fully saturated rings. The van der Waals surface area contributed by atoms with Crippen LogP contribution in [0.1, 0.15) is 32.3 Å². The molecule has 2 aliphatic rings. The minimum absolute atomic E-state index is 0.284. The molecule has 0 saturated carbocycles. The zero-order valence-electron chi connectivity index (χ0n) is 16.1. The van der Waals surface area contributed by atoms with E-state index in [9.17, 15) is 27.6 Å². The number of halogens is 3. The molecule has 2 aliphatic heterocycles. The maximum atomic E-state index is 12.9. The quantitative estimate of drug-likeness (QED) is 0.770. The van der Waals surface area contributed by atoms with Gasteiger partial charge in [-0.3, -0.25) is 14.5 Å². The summed E-state index contributed by atoms with van der Waals surface area (Å²) in [5, 5.41) is 2.53. The van der Waals surface area contributed by atoms with Crippen molar-refractivity contribution in [3.8, 4) is 5.75 Å². The predicted molar refractivity (Wildman–Crippen MR) is 95.7 cm³/mol. The van der Waals surface area contributed by atoms with E-state index in [4.69, 9.17) is 0 Å². The van der Waals surface area contributed by atoms with Gasteiger partial charge < -0.3 is 15.0 Å². The van der Waals surface area contributed by atoms with Crippen LogP contribution < -0.4 is 10.1 Å². The molecule has 0 aromatic heterocycles. The van der Waals surface area contributed by atoms with Crippen LogP contribution in [0.3, 0.4) is 0 Å². The molecule has 1 unspecified atom stereocenters. The number of carbonyl (C=O) groups is 3. The van der Waals surface area contributed by atoms with Crippen molar-refractivity contribution in [1.82, 2.24) is 15.1 Å². The van der Waals surface area contributed by atoms with E-state index in [1.807, 2.05) is 0 Å². The average molecular weight is 413 g/mol. The summed E-state index contributed by atoms with van der Waals surface area (Å²) in [6.45, 7) is 4.35. The number of benzene rings is 1. The lowest BCUT2D eigenvalue weighted by atomic mass is 9.92. The van der Waals surface area contributed by atoms with E-state index in [0.29, 0.717) is 19.0 Å². The summed E-state index contributed by atoms with van der Waals surface area (Å²) in [6.07, 6.45) is -3.09. The Hall–Kier alpha value is -2.78. The molecule has 3 rings (SSSR count). The normalized spacial score (nSPS) is 23.3. The van der Waals surface area contributed by atoms with Crippen molar-refractivity contribution in [1.29, 1.82) is 0 Å². The van der Waals surface area contributed by atoms with Gasteiger partial charge in [0.25, 0.3) is 5.91 Å². The van der Waals surface area contributed by atoms with Crippen molar-refractivity contribution >= 4 is 17.8 Å². The third kappa shape index (κ3) is 4.46. The van der Waals surface area contributed by atoms with Crippen LogP contribution in [-0.2, 0) is 15.1 Å². The van der Waals surface area contributed by atoms with Gasteiger partial charge in [0.05, 0.1) is 0 Å². The minimum Gasteiger partial charge on any atom is -0.406 e. The van der Waals surface area contributed by atoms with E-state index in [-0.39, 0.29) is 18.0 Å². The lowest BCUT2D eigenvalue weighted by molar-refractivity contribution is -0.274. The van der Waals surface area contributed by atoms with Crippen molar-refractivity contribution in [2.24, 2.45) is 5.92 Å². The van der Waals surface area contributed by atoms with E-state index >= 15 is 0 Å². The Morgan fingerprint density at radius 1 is 1.21 bits per heavy atom. The molecular formula is C19H22F3N3O4. The third-order valence-corrected chi connectivity index (χ3v) is 5.37. The Kier molecular flexibility index (Phi) is 5.46. The number of hydrogen-bond acceptors (Lipinski definition) is 4. The maximum Gasteiger partial charge on any atom is 0.573 e. The fraction of sp³-hybridized carbons (Fsp3) is 0.526. The number of likely N-dealkylation sites (tertiary alicyclic amines) is 1. The molecule has 2 saturated heterocycles. The molecular weight excluding hydrogens is 391 g/mol. The fourth-order valence-corrected chi connectivity index (χ4v) is 3.52. The number of alkyl halides is 3. The van der Waals surface area contributed by atoms with Crippen LogP contribution in [0.2, 0.25) is 0 Å². The minimum atomic E-state index is -4.83. The summed E-state index contributed by atoms with van der Waals surface area (Å²) >= 11 is 0. The zero-order chi connectivity index (χ0) is 21.4. The summed E-state index contributed by atoms with van der Waals surface area (Å²) in [4.78, 5) is 40.2. The van der Waals surface area contributed by atoms with Crippen molar-refractivity contribution in [2.75, 3.05) is 19.6 Å². The van der Waals surface area contributed by atoms with Gasteiger partial charge in [-0.25, -0.2) is 4.79 Å². The Bertz CT molecular complexity index is 804. The number of carbonyl (C=O) groups excluding carboxylic acids is 3. The molecule has 1 atom stereocenters. The molecule has 2 heterocycles. The number of amides is 4. The average Bonchev–Trinajstić information content (AvgIpc) is 2.85. The van der Waals surface area contributed by atoms with Crippen molar-refractivity contribution in [2.45, 2.75) is 38.6 Å². The van der Waals surface area contributed by atoms with Gasteiger partial charge in [-0.05, 0) is 43.4 Å². The van der Waals surface area contributed by atoms with Crippen LogP contribution >= 0.6 is 0 Å². The van der Waals surface area contributed by atoms with Gasteiger partial charge >= 0.3 is 12.4 Å². The maximum absolute atomic E-state index is 12.9. The first-order valence-corrected chi connectivity index (χ1v) is 9.28. The van der Waals surface area contributed by atoms with E-state index in [0.717, 1.165) is 29.9 Å². The van der Waals surface area contributed by atoms with Crippen LogP contribution in [0.4, 0.5) is 18.0 Å². The molecule has 10 heteroatoms. The van der Waals surface area contributed by atoms with Gasteiger partial charge in [-0.1, -0.05) is 19.1 Å². The first-order chi connectivity index (χ1) is 13.5. The molecule has 7 nitrogen and oxygen atoms in total. The van der Waals surface area contributed by atoms with Crippen LogP contribution in [0.5, 0.6) is 5.75 Å². The smallest absolute Gasteiger partial charge is 0.406 e. The number of ether oxygens (including phenoxy) is 1. The molecule has 4 amide bonds. The van der Waals surface area contributed by atoms with Gasteiger partial charge in [-0.15, -0.1) is 13.2 Å². The first kappa shape index (κ1) is 20.9. The Morgan fingerprint density at radius 3 is 2.34 bits per heavy atom. The van der Waals surface area contributed by atoms with Gasteiger partial charge in [0.1, 0.15) is 17.8 Å². The summed E-state index contributed by atoms with van der Waals surface area (Å²) in [5.74, 6) is -0.847. The predicted octanol–water partition coefficient (Wildman–Crippen LogP) is 2.61. The Balaban J connectivity index is 1.71. The highest BCUT2D eigenvalue weighted by Crippen LogP contribution is 2.31.